The maximum atomic E-state index is 12.8. The monoisotopic (exact) mass is 410 g/mol. The maximum absolute atomic E-state index is 12.8. The highest BCUT2D eigenvalue weighted by atomic mass is 79.9. The second kappa shape index (κ2) is 7.09. The molecule has 2 aromatic heterocycles. The molecule has 0 saturated heterocycles. The van der Waals surface area contributed by atoms with Gasteiger partial charge in [0.2, 0.25) is 0 Å². The number of likely N-dealkylation sites (N-methyl/N-ethyl adjacent to an activating group) is 1. The summed E-state index contributed by atoms with van der Waals surface area (Å²) in [7, 11) is 4.17. The second-order valence-electron chi connectivity index (χ2n) is 5.50. The topological polar surface area (TPSA) is 37.6 Å². The van der Waals surface area contributed by atoms with Crippen molar-refractivity contribution in [3.05, 3.63) is 45.1 Å². The molecule has 0 saturated carbocycles. The lowest BCUT2D eigenvalue weighted by atomic mass is 10.3. The average Bonchev–Trinajstić information content (AvgIpc) is 3.15. The predicted octanol–water partition coefficient (Wildman–Crippen LogP) is 2.91. The van der Waals surface area contributed by atoms with E-state index in [-0.39, 0.29) is 5.91 Å². The van der Waals surface area contributed by atoms with Gasteiger partial charge in [-0.15, -0.1) is 11.3 Å². The number of carbonyl (C=O) groups excluding carboxylic acids is 1. The number of benzene rings is 1. The van der Waals surface area contributed by atoms with Crippen LogP contribution < -0.4 is 9.80 Å². The van der Waals surface area contributed by atoms with E-state index in [4.69, 9.17) is 0 Å². The standard InChI is InChI=1S/C16H16BrN3OS2/c1-19(2)7-8-20(15(21)13-4-3-9-22-13)16-18-12-6-5-11(17)10-14(12)23-16/h3-6,9-10H,7-8H2,1-2H3/p+1. The molecule has 1 aromatic carbocycles. The van der Waals surface area contributed by atoms with Crippen molar-refractivity contribution in [1.29, 1.82) is 0 Å². The molecule has 0 radical (unpaired) electrons. The first-order valence-corrected chi connectivity index (χ1v) is 9.74. The Morgan fingerprint density at radius 1 is 1.35 bits per heavy atom. The van der Waals surface area contributed by atoms with Gasteiger partial charge in [-0.25, -0.2) is 4.98 Å². The van der Waals surface area contributed by atoms with Crippen molar-refractivity contribution in [3.8, 4) is 0 Å². The number of aromatic nitrogens is 1. The van der Waals surface area contributed by atoms with E-state index in [9.17, 15) is 4.79 Å². The normalized spacial score (nSPS) is 11.3. The van der Waals surface area contributed by atoms with Gasteiger partial charge in [-0.05, 0) is 29.6 Å². The van der Waals surface area contributed by atoms with Gasteiger partial charge in [-0.1, -0.05) is 33.3 Å². The fraction of sp³-hybridized carbons (Fsp3) is 0.250. The molecule has 1 amide bonds. The van der Waals surface area contributed by atoms with Crippen LogP contribution in [0.4, 0.5) is 5.13 Å². The van der Waals surface area contributed by atoms with Crippen LogP contribution in [0, 0.1) is 0 Å². The lowest BCUT2D eigenvalue weighted by molar-refractivity contribution is -0.856. The van der Waals surface area contributed by atoms with Crippen LogP contribution in [0.2, 0.25) is 0 Å². The molecule has 3 aromatic rings. The zero-order valence-corrected chi connectivity index (χ0v) is 16.1. The van der Waals surface area contributed by atoms with E-state index in [1.165, 1.54) is 16.2 Å². The lowest BCUT2D eigenvalue weighted by Crippen LogP contribution is -3.06. The Hall–Kier alpha value is -1.28. The summed E-state index contributed by atoms with van der Waals surface area (Å²) in [6.07, 6.45) is 0. The van der Waals surface area contributed by atoms with Gasteiger partial charge >= 0.3 is 0 Å². The molecule has 0 aliphatic rings. The maximum Gasteiger partial charge on any atom is 0.270 e. The van der Waals surface area contributed by atoms with E-state index in [2.05, 4.69) is 35.0 Å². The van der Waals surface area contributed by atoms with Gasteiger partial charge in [0.25, 0.3) is 5.91 Å². The molecule has 0 aliphatic carbocycles. The molecule has 0 atom stereocenters. The summed E-state index contributed by atoms with van der Waals surface area (Å²) in [6, 6.07) is 9.77. The summed E-state index contributed by atoms with van der Waals surface area (Å²) in [5, 5.41) is 2.69. The highest BCUT2D eigenvalue weighted by Crippen LogP contribution is 2.31. The van der Waals surface area contributed by atoms with Crippen LogP contribution in [-0.4, -0.2) is 38.1 Å². The molecular formula is C16H17BrN3OS2+. The van der Waals surface area contributed by atoms with Crippen molar-refractivity contribution in [2.45, 2.75) is 0 Å². The molecule has 0 fully saturated rings. The summed E-state index contributed by atoms with van der Waals surface area (Å²) in [5.74, 6) is 0.0272. The zero-order chi connectivity index (χ0) is 16.4. The smallest absolute Gasteiger partial charge is 0.270 e. The summed E-state index contributed by atoms with van der Waals surface area (Å²) in [5.41, 5.74) is 0.925. The number of thiazole rings is 1. The van der Waals surface area contributed by atoms with Crippen LogP contribution >= 0.6 is 38.6 Å². The van der Waals surface area contributed by atoms with Gasteiger partial charge in [0.1, 0.15) is 0 Å². The largest absolute Gasteiger partial charge is 0.338 e. The van der Waals surface area contributed by atoms with E-state index >= 15 is 0 Å². The lowest BCUT2D eigenvalue weighted by Gasteiger charge is -2.19. The Kier molecular flexibility index (Phi) is 5.11. The Labute approximate surface area is 151 Å². The summed E-state index contributed by atoms with van der Waals surface area (Å²) < 4.78 is 2.10. The quantitative estimate of drug-likeness (QED) is 0.701. The van der Waals surface area contributed by atoms with Crippen molar-refractivity contribution < 1.29 is 9.69 Å². The fourth-order valence-electron chi connectivity index (χ4n) is 2.15. The molecule has 7 heteroatoms. The van der Waals surface area contributed by atoms with Crippen LogP contribution in [0.5, 0.6) is 0 Å². The summed E-state index contributed by atoms with van der Waals surface area (Å²) >= 11 is 6.51. The van der Waals surface area contributed by atoms with Gasteiger partial charge in [0, 0.05) is 4.47 Å². The number of quaternary nitrogens is 1. The van der Waals surface area contributed by atoms with E-state index in [0.29, 0.717) is 6.54 Å². The highest BCUT2D eigenvalue weighted by molar-refractivity contribution is 9.10. The fourth-order valence-corrected chi connectivity index (χ4v) is 4.37. The average molecular weight is 411 g/mol. The first kappa shape index (κ1) is 16.6. The van der Waals surface area contributed by atoms with Gasteiger partial charge in [-0.2, -0.15) is 0 Å². The summed E-state index contributed by atoms with van der Waals surface area (Å²) in [6.45, 7) is 1.52. The molecule has 0 spiro atoms. The number of anilines is 1. The number of fused-ring (bicyclic) bond motifs is 1. The third kappa shape index (κ3) is 3.80. The number of rotatable bonds is 5. The van der Waals surface area contributed by atoms with Gasteiger partial charge in [0.05, 0.1) is 42.3 Å². The Balaban J connectivity index is 1.96. The molecule has 120 valence electrons. The predicted molar refractivity (Wildman–Crippen MR) is 101 cm³/mol. The number of nitrogens with zero attached hydrogens (tertiary/aromatic N) is 2. The molecule has 0 bridgehead atoms. The molecule has 0 unspecified atom stereocenters. The number of nitrogens with one attached hydrogen (secondary N) is 1. The Morgan fingerprint density at radius 2 is 2.17 bits per heavy atom. The number of thiophene rings is 1. The van der Waals surface area contributed by atoms with E-state index in [1.54, 1.807) is 16.2 Å². The van der Waals surface area contributed by atoms with Crippen molar-refractivity contribution in [3.63, 3.8) is 0 Å². The van der Waals surface area contributed by atoms with Crippen molar-refractivity contribution in [1.82, 2.24) is 4.98 Å². The SMILES string of the molecule is C[NH+](C)CCN(C(=O)c1cccs1)c1nc2ccc(Br)cc2s1. The van der Waals surface area contributed by atoms with Crippen LogP contribution in [0.3, 0.4) is 0 Å². The number of halogens is 1. The van der Waals surface area contributed by atoms with Crippen molar-refractivity contribution in [2.75, 3.05) is 32.1 Å². The van der Waals surface area contributed by atoms with Crippen LogP contribution in [0.25, 0.3) is 10.2 Å². The van der Waals surface area contributed by atoms with E-state index in [0.717, 1.165) is 31.2 Å². The first-order valence-electron chi connectivity index (χ1n) is 7.25. The third-order valence-corrected chi connectivity index (χ3v) is 5.77. The van der Waals surface area contributed by atoms with Crippen LogP contribution in [-0.2, 0) is 0 Å². The van der Waals surface area contributed by atoms with Crippen molar-refractivity contribution >= 4 is 59.9 Å². The zero-order valence-electron chi connectivity index (χ0n) is 12.9. The van der Waals surface area contributed by atoms with Crippen LogP contribution in [0.1, 0.15) is 9.67 Å². The van der Waals surface area contributed by atoms with Crippen molar-refractivity contribution in [2.24, 2.45) is 0 Å². The third-order valence-electron chi connectivity index (χ3n) is 3.38. The van der Waals surface area contributed by atoms with Gasteiger partial charge < -0.3 is 4.90 Å². The van der Waals surface area contributed by atoms with Gasteiger partial charge in [0.15, 0.2) is 5.13 Å². The van der Waals surface area contributed by atoms with E-state index < -0.39 is 0 Å². The minimum atomic E-state index is 0.0272. The molecule has 2 heterocycles. The highest BCUT2D eigenvalue weighted by Gasteiger charge is 2.22. The molecule has 23 heavy (non-hydrogen) atoms. The number of carbonyl (C=O) groups is 1. The minimum Gasteiger partial charge on any atom is -0.338 e. The number of amides is 1. The molecule has 0 aliphatic heterocycles. The summed E-state index contributed by atoms with van der Waals surface area (Å²) in [4.78, 5) is 21.4. The Morgan fingerprint density at radius 3 is 2.87 bits per heavy atom. The minimum absolute atomic E-state index is 0.0272. The molecular weight excluding hydrogens is 394 g/mol. The number of hydrogen-bond acceptors (Lipinski definition) is 4. The molecule has 4 nitrogen and oxygen atoms in total. The van der Waals surface area contributed by atoms with E-state index in [1.807, 2.05) is 35.7 Å². The molecule has 1 N–H and O–H groups in total. The first-order chi connectivity index (χ1) is 11.0. The van der Waals surface area contributed by atoms with Gasteiger partial charge in [-0.3, -0.25) is 9.69 Å². The molecule has 3 rings (SSSR count). The van der Waals surface area contributed by atoms with Crippen LogP contribution in [0.15, 0.2) is 40.2 Å². The number of hydrogen-bond donors (Lipinski definition) is 1. The Bertz CT molecular complexity index is 814. The second-order valence-corrected chi connectivity index (χ2v) is 8.37.